The lowest BCUT2D eigenvalue weighted by Crippen LogP contribution is -2.47. The molecule has 1 heterocycles. The number of amides is 1. The minimum atomic E-state index is -0.524. The maximum absolute atomic E-state index is 12.1. The molecule has 0 unspecified atom stereocenters. The Morgan fingerprint density at radius 2 is 2.00 bits per heavy atom. The van der Waals surface area contributed by atoms with Gasteiger partial charge in [0.05, 0.1) is 18.8 Å². The molecule has 1 atom stereocenters. The molecule has 1 amide bonds. The van der Waals surface area contributed by atoms with Gasteiger partial charge >= 0.3 is 0 Å². The minimum absolute atomic E-state index is 0.118. The zero-order chi connectivity index (χ0) is 16.9. The summed E-state index contributed by atoms with van der Waals surface area (Å²) in [6, 6.07) is 15.8. The van der Waals surface area contributed by atoms with E-state index in [1.54, 1.807) is 7.05 Å². The molecule has 0 fully saturated rings. The number of anilines is 1. The Labute approximate surface area is 142 Å². The summed E-state index contributed by atoms with van der Waals surface area (Å²) in [5.41, 5.74) is 2.08. The Balaban J connectivity index is 1.90. The van der Waals surface area contributed by atoms with Crippen molar-refractivity contribution >= 4 is 11.6 Å². The van der Waals surface area contributed by atoms with E-state index in [1.165, 1.54) is 0 Å². The first-order valence-electron chi connectivity index (χ1n) is 8.16. The van der Waals surface area contributed by atoms with Crippen molar-refractivity contribution < 1.29 is 14.3 Å². The van der Waals surface area contributed by atoms with E-state index < -0.39 is 6.10 Å². The molecule has 2 aromatic carbocycles. The predicted molar refractivity (Wildman–Crippen MR) is 93.6 cm³/mol. The Hall–Kier alpha value is -2.69. The highest BCUT2D eigenvalue weighted by Crippen LogP contribution is 2.35. The van der Waals surface area contributed by atoms with Crippen molar-refractivity contribution in [2.75, 3.05) is 25.1 Å². The molecular formula is C19H22N2O3. The van der Waals surface area contributed by atoms with Gasteiger partial charge in [-0.2, -0.15) is 0 Å². The summed E-state index contributed by atoms with van der Waals surface area (Å²) in [4.78, 5) is 14.2. The van der Waals surface area contributed by atoms with E-state index in [0.717, 1.165) is 22.7 Å². The summed E-state index contributed by atoms with van der Waals surface area (Å²) in [6.07, 6.45) is -0.524. The van der Waals surface area contributed by atoms with Gasteiger partial charge < -0.3 is 19.7 Å². The second-order valence-electron chi connectivity index (χ2n) is 5.61. The molecule has 5 nitrogen and oxygen atoms in total. The highest BCUT2D eigenvalue weighted by molar-refractivity contribution is 5.83. The topological polar surface area (TPSA) is 50.8 Å². The van der Waals surface area contributed by atoms with Gasteiger partial charge in [-0.15, -0.1) is 0 Å². The first-order valence-corrected chi connectivity index (χ1v) is 8.16. The number of nitrogens with one attached hydrogen (secondary N) is 1. The van der Waals surface area contributed by atoms with Gasteiger partial charge in [-0.05, 0) is 25.1 Å². The summed E-state index contributed by atoms with van der Waals surface area (Å²) >= 11 is 0. The van der Waals surface area contributed by atoms with Crippen molar-refractivity contribution in [2.24, 2.45) is 0 Å². The van der Waals surface area contributed by atoms with Crippen LogP contribution in [0.25, 0.3) is 0 Å². The number of rotatable bonds is 5. The number of benzene rings is 2. The van der Waals surface area contributed by atoms with Crippen LogP contribution in [-0.4, -0.2) is 32.2 Å². The highest BCUT2D eigenvalue weighted by Gasteiger charge is 2.30. The van der Waals surface area contributed by atoms with E-state index in [-0.39, 0.29) is 5.91 Å². The minimum Gasteiger partial charge on any atom is -0.494 e. The van der Waals surface area contributed by atoms with Crippen LogP contribution in [0, 0.1) is 0 Å². The van der Waals surface area contributed by atoms with Gasteiger partial charge in [-0.3, -0.25) is 4.79 Å². The molecule has 0 saturated heterocycles. The van der Waals surface area contributed by atoms with E-state index in [1.807, 2.05) is 49.4 Å². The van der Waals surface area contributed by atoms with E-state index in [0.29, 0.717) is 19.7 Å². The first-order chi connectivity index (χ1) is 11.7. The van der Waals surface area contributed by atoms with Gasteiger partial charge in [0.2, 0.25) is 0 Å². The van der Waals surface area contributed by atoms with Crippen LogP contribution in [0.4, 0.5) is 5.69 Å². The van der Waals surface area contributed by atoms with Gasteiger partial charge in [0.1, 0.15) is 11.5 Å². The lowest BCUT2D eigenvalue weighted by Gasteiger charge is -2.35. The lowest BCUT2D eigenvalue weighted by molar-refractivity contribution is -0.127. The fourth-order valence-electron chi connectivity index (χ4n) is 2.89. The third-order valence-corrected chi connectivity index (χ3v) is 4.03. The molecular weight excluding hydrogens is 304 g/mol. The maximum Gasteiger partial charge on any atom is 0.262 e. The number of carbonyl (C=O) groups excluding carboxylic acids is 1. The van der Waals surface area contributed by atoms with Gasteiger partial charge in [-0.25, -0.2) is 0 Å². The zero-order valence-corrected chi connectivity index (χ0v) is 14.0. The molecule has 2 aromatic rings. The molecule has 0 aliphatic carbocycles. The molecule has 1 aliphatic heterocycles. The molecule has 0 bridgehead atoms. The molecule has 0 spiro atoms. The molecule has 0 saturated carbocycles. The summed E-state index contributed by atoms with van der Waals surface area (Å²) in [7, 11) is 1.63. The molecule has 24 heavy (non-hydrogen) atoms. The number of ether oxygens (including phenoxy) is 2. The van der Waals surface area contributed by atoms with Crippen molar-refractivity contribution in [3.05, 3.63) is 54.1 Å². The Morgan fingerprint density at radius 1 is 1.25 bits per heavy atom. The quantitative estimate of drug-likeness (QED) is 0.918. The number of hydrogen-bond acceptors (Lipinski definition) is 4. The summed E-state index contributed by atoms with van der Waals surface area (Å²) in [5, 5.41) is 2.67. The molecule has 1 N–H and O–H groups in total. The van der Waals surface area contributed by atoms with E-state index in [4.69, 9.17) is 9.47 Å². The number of carbonyl (C=O) groups is 1. The fraction of sp³-hybridized carbons (Fsp3) is 0.316. The van der Waals surface area contributed by atoms with Crippen molar-refractivity contribution in [1.82, 2.24) is 5.32 Å². The molecule has 0 radical (unpaired) electrons. The maximum atomic E-state index is 12.1. The van der Waals surface area contributed by atoms with Crippen LogP contribution in [0.5, 0.6) is 11.5 Å². The van der Waals surface area contributed by atoms with Crippen LogP contribution in [0.1, 0.15) is 12.5 Å². The number of fused-ring (bicyclic) bond motifs is 1. The van der Waals surface area contributed by atoms with E-state index >= 15 is 0 Å². The second kappa shape index (κ2) is 7.25. The average Bonchev–Trinajstić information content (AvgIpc) is 2.62. The number of hydrogen-bond donors (Lipinski definition) is 1. The van der Waals surface area contributed by atoms with E-state index in [9.17, 15) is 4.79 Å². The predicted octanol–water partition coefficient (Wildman–Crippen LogP) is 2.60. The summed E-state index contributed by atoms with van der Waals surface area (Å²) in [6.45, 7) is 3.75. The third-order valence-electron chi connectivity index (χ3n) is 4.03. The number of para-hydroxylation sites is 3. The van der Waals surface area contributed by atoms with Gasteiger partial charge in [0, 0.05) is 19.2 Å². The van der Waals surface area contributed by atoms with Crippen molar-refractivity contribution in [3.63, 3.8) is 0 Å². The Morgan fingerprint density at radius 3 is 2.79 bits per heavy atom. The molecule has 1 aliphatic rings. The van der Waals surface area contributed by atoms with E-state index in [2.05, 4.69) is 16.3 Å². The normalized spacial score (nSPS) is 16.1. The Kier molecular flexibility index (Phi) is 4.89. The summed E-state index contributed by atoms with van der Waals surface area (Å²) in [5.74, 6) is 1.49. The van der Waals surface area contributed by atoms with Crippen molar-refractivity contribution in [1.29, 1.82) is 0 Å². The van der Waals surface area contributed by atoms with Gasteiger partial charge in [-0.1, -0.05) is 30.3 Å². The van der Waals surface area contributed by atoms with Crippen LogP contribution in [-0.2, 0) is 11.3 Å². The van der Waals surface area contributed by atoms with Crippen LogP contribution in [0.2, 0.25) is 0 Å². The highest BCUT2D eigenvalue weighted by atomic mass is 16.5. The monoisotopic (exact) mass is 326 g/mol. The molecule has 0 aromatic heterocycles. The number of likely N-dealkylation sites (N-methyl/N-ethyl adjacent to an activating group) is 1. The number of nitrogens with zero attached hydrogens (tertiary/aromatic N) is 1. The third kappa shape index (κ3) is 3.30. The standard InChI is InChI=1S/C19H22N2O3/c1-3-23-16-10-6-4-8-14(16)12-21-13-18(19(22)20-2)24-17-11-7-5-9-15(17)21/h4-11,18H,3,12-13H2,1-2H3,(H,20,22)/t18-/m0/s1. The Bertz CT molecular complexity index is 717. The zero-order valence-electron chi connectivity index (χ0n) is 14.0. The molecule has 126 valence electrons. The fourth-order valence-corrected chi connectivity index (χ4v) is 2.89. The SMILES string of the molecule is CCOc1ccccc1CN1C[C@@H](C(=O)NC)Oc2ccccc21. The molecule has 5 heteroatoms. The summed E-state index contributed by atoms with van der Waals surface area (Å²) < 4.78 is 11.6. The van der Waals surface area contributed by atoms with Gasteiger partial charge in [0.25, 0.3) is 5.91 Å². The van der Waals surface area contributed by atoms with Crippen LogP contribution in [0.3, 0.4) is 0 Å². The van der Waals surface area contributed by atoms with Crippen LogP contribution in [0.15, 0.2) is 48.5 Å². The average molecular weight is 326 g/mol. The molecule has 3 rings (SSSR count). The van der Waals surface area contributed by atoms with Crippen molar-refractivity contribution in [3.8, 4) is 11.5 Å². The van der Waals surface area contributed by atoms with Crippen molar-refractivity contribution in [2.45, 2.75) is 19.6 Å². The van der Waals surface area contributed by atoms with Crippen LogP contribution < -0.4 is 19.7 Å². The van der Waals surface area contributed by atoms with Crippen LogP contribution >= 0.6 is 0 Å². The first kappa shape index (κ1) is 16.2. The second-order valence-corrected chi connectivity index (χ2v) is 5.61. The van der Waals surface area contributed by atoms with Gasteiger partial charge in [0.15, 0.2) is 6.10 Å². The largest absolute Gasteiger partial charge is 0.494 e. The smallest absolute Gasteiger partial charge is 0.262 e. The lowest BCUT2D eigenvalue weighted by atomic mass is 10.1.